The van der Waals surface area contributed by atoms with Gasteiger partial charge in [0.1, 0.15) is 17.8 Å². The van der Waals surface area contributed by atoms with Gasteiger partial charge in [0.2, 0.25) is 0 Å². The minimum Gasteiger partial charge on any atom is -0.427 e. The molecule has 2 N–H and O–H groups in total. The maximum atomic E-state index is 9.76. The number of nitrogens with one attached hydrogen (secondary N) is 1. The van der Waals surface area contributed by atoms with Gasteiger partial charge >= 0.3 is 0 Å². The Morgan fingerprint density at radius 3 is 2.03 bits per heavy atom. The molecule has 2 aromatic heterocycles. The van der Waals surface area contributed by atoms with E-state index in [2.05, 4.69) is 27.1 Å². The zero-order valence-corrected chi connectivity index (χ0v) is 22.6. The number of pyridine rings is 2. The molecule has 0 amide bonds. The van der Waals surface area contributed by atoms with Crippen LogP contribution in [-0.2, 0) is 0 Å². The van der Waals surface area contributed by atoms with Crippen molar-refractivity contribution < 1.29 is 5.21 Å². The van der Waals surface area contributed by atoms with E-state index in [1.807, 2.05) is 12.1 Å². The number of hydrogen-bond acceptors (Lipinski definition) is 5. The largest absolute Gasteiger partial charge is 0.427 e. The fraction of sp³-hybridized carbons (Fsp3) is 0. The van der Waals surface area contributed by atoms with Crippen molar-refractivity contribution in [1.82, 2.24) is 19.7 Å². The van der Waals surface area contributed by atoms with Crippen LogP contribution in [0.5, 0.6) is 0 Å². The molecule has 0 atom stereocenters. The molecule has 0 bridgehead atoms. The molecular weight excluding hydrogens is 578 g/mol. The monoisotopic (exact) mass is 590 g/mol. The molecule has 190 valence electrons. The van der Waals surface area contributed by atoms with Crippen LogP contribution in [0.25, 0.3) is 44.7 Å². The molecule has 2 aromatic carbocycles. The van der Waals surface area contributed by atoms with E-state index in [9.17, 15) is 5.21 Å². The van der Waals surface area contributed by atoms with Crippen LogP contribution in [0.1, 0.15) is 11.1 Å². The summed E-state index contributed by atoms with van der Waals surface area (Å²) in [5.74, 6) is 0.310. The standard InChI is InChI=1S/C14H7Cl2N3O.C14H7Cl2N3/c15-9-1-2-10(12(16)5-9)11-3-4-19(20)14-13(11)8(6-17)7-18-14;15-9-1-2-10(12(16)5-9)11-3-4-18-14-13(11)8(6-17)7-19-14/h1-5,7,20H;1-5,7H,(H,18,19). The Labute approximate surface area is 242 Å². The third kappa shape index (κ3) is 4.97. The summed E-state index contributed by atoms with van der Waals surface area (Å²) in [5, 5.41) is 31.0. The number of aromatic amines is 1. The van der Waals surface area contributed by atoms with Crippen molar-refractivity contribution in [3.63, 3.8) is 0 Å². The Hall–Kier alpha value is -4.24. The van der Waals surface area contributed by atoms with Crippen LogP contribution < -0.4 is 0 Å². The first-order valence-corrected chi connectivity index (χ1v) is 12.7. The average Bonchev–Trinajstić information content (AvgIpc) is 3.55. The van der Waals surface area contributed by atoms with Crippen molar-refractivity contribution in [2.45, 2.75) is 0 Å². The number of benzene rings is 2. The molecule has 2 aliphatic rings. The van der Waals surface area contributed by atoms with Gasteiger partial charge in [0.15, 0.2) is 5.82 Å². The van der Waals surface area contributed by atoms with Gasteiger partial charge in [0.25, 0.3) is 0 Å². The van der Waals surface area contributed by atoms with Gasteiger partial charge in [-0.05, 0) is 47.5 Å². The number of fused-ring (bicyclic) bond motifs is 2. The van der Waals surface area contributed by atoms with Crippen LogP contribution in [0.4, 0.5) is 0 Å². The average molecular weight is 592 g/mol. The smallest absolute Gasteiger partial charge is 0.177 e. The molecule has 4 aromatic rings. The van der Waals surface area contributed by atoms with E-state index >= 15 is 0 Å². The van der Waals surface area contributed by atoms with Crippen LogP contribution in [0.15, 0.2) is 73.3 Å². The lowest BCUT2D eigenvalue weighted by molar-refractivity contribution is 0.187. The molecule has 7 nitrogen and oxygen atoms in total. The topological polar surface area (TPSA) is 114 Å². The summed E-state index contributed by atoms with van der Waals surface area (Å²) in [6.45, 7) is 0. The maximum Gasteiger partial charge on any atom is 0.177 e. The van der Waals surface area contributed by atoms with Gasteiger partial charge in [-0.25, -0.2) is 9.97 Å². The molecule has 0 aliphatic carbocycles. The first kappa shape index (κ1) is 26.4. The van der Waals surface area contributed by atoms with Crippen molar-refractivity contribution in [3.05, 3.63) is 105 Å². The summed E-state index contributed by atoms with van der Waals surface area (Å²) in [5.41, 5.74) is 5.29. The number of nitriles is 2. The van der Waals surface area contributed by atoms with Crippen LogP contribution in [-0.4, -0.2) is 24.9 Å². The summed E-state index contributed by atoms with van der Waals surface area (Å²) in [6.07, 6.45) is 6.20. The molecule has 11 heteroatoms. The molecule has 0 saturated heterocycles. The fourth-order valence-corrected chi connectivity index (χ4v) is 5.23. The molecule has 39 heavy (non-hydrogen) atoms. The quantitative estimate of drug-likeness (QED) is 0.196. The molecule has 0 spiro atoms. The van der Waals surface area contributed by atoms with E-state index in [0.717, 1.165) is 32.4 Å². The van der Waals surface area contributed by atoms with Gasteiger partial charge in [-0.3, -0.25) is 0 Å². The van der Waals surface area contributed by atoms with Crippen LogP contribution in [0.2, 0.25) is 20.1 Å². The van der Waals surface area contributed by atoms with Crippen molar-refractivity contribution in [1.29, 1.82) is 10.5 Å². The second-order valence-electron chi connectivity index (χ2n) is 8.20. The van der Waals surface area contributed by atoms with Crippen molar-refractivity contribution in [2.24, 2.45) is 0 Å². The first-order valence-electron chi connectivity index (χ1n) is 11.2. The van der Waals surface area contributed by atoms with Crippen molar-refractivity contribution >= 4 is 57.4 Å². The number of hydrogen-bond donors (Lipinski definition) is 2. The highest BCUT2D eigenvalue weighted by atomic mass is 35.5. The molecule has 0 radical (unpaired) electrons. The lowest BCUT2D eigenvalue weighted by Gasteiger charge is -2.12. The Kier molecular flexibility index (Phi) is 7.34. The predicted molar refractivity (Wildman–Crippen MR) is 152 cm³/mol. The highest BCUT2D eigenvalue weighted by Gasteiger charge is 2.21. The lowest BCUT2D eigenvalue weighted by Crippen LogP contribution is -2.00. The van der Waals surface area contributed by atoms with Crippen LogP contribution in [0.3, 0.4) is 0 Å². The summed E-state index contributed by atoms with van der Waals surface area (Å²) in [7, 11) is 0. The molecule has 0 fully saturated rings. The fourth-order valence-electron chi connectivity index (χ4n) is 4.21. The first-order chi connectivity index (χ1) is 18.8. The Morgan fingerprint density at radius 1 is 0.769 bits per heavy atom. The SMILES string of the molecule is N#Cc1c[nH]c2nccc(-c3ccc(Cl)cc3Cl)c12.N#Cc1cnc2n(O)ccc(-c3ccc(Cl)cc3Cl)c1-2. The third-order valence-corrected chi connectivity index (χ3v) is 7.03. The van der Waals surface area contributed by atoms with E-state index in [1.165, 1.54) is 12.4 Å². The number of aromatic nitrogens is 4. The van der Waals surface area contributed by atoms with E-state index in [-0.39, 0.29) is 0 Å². The van der Waals surface area contributed by atoms with Crippen LogP contribution >= 0.6 is 46.4 Å². The van der Waals surface area contributed by atoms with E-state index in [0.29, 0.717) is 48.3 Å². The van der Waals surface area contributed by atoms with Crippen LogP contribution in [0, 0.1) is 22.7 Å². The van der Waals surface area contributed by atoms with Gasteiger partial charge in [0, 0.05) is 67.0 Å². The summed E-state index contributed by atoms with van der Waals surface area (Å²) in [4.78, 5) is 11.2. The van der Waals surface area contributed by atoms with E-state index in [4.69, 9.17) is 56.9 Å². The lowest BCUT2D eigenvalue weighted by atomic mass is 9.98. The number of nitrogens with zero attached hydrogens (tertiary/aromatic N) is 5. The van der Waals surface area contributed by atoms with Gasteiger partial charge < -0.3 is 10.2 Å². The van der Waals surface area contributed by atoms with E-state index < -0.39 is 0 Å². The zero-order chi connectivity index (χ0) is 27.7. The third-order valence-electron chi connectivity index (χ3n) is 5.93. The molecule has 0 saturated carbocycles. The zero-order valence-electron chi connectivity index (χ0n) is 19.6. The van der Waals surface area contributed by atoms with Gasteiger partial charge in [-0.1, -0.05) is 58.5 Å². The van der Waals surface area contributed by atoms with E-state index in [1.54, 1.807) is 48.8 Å². The Morgan fingerprint density at radius 2 is 1.41 bits per heavy atom. The predicted octanol–water partition coefficient (Wildman–Crippen LogP) is 8.48. The number of halogens is 4. The molecule has 4 heterocycles. The summed E-state index contributed by atoms with van der Waals surface area (Å²) in [6, 6.07) is 18.2. The molecule has 6 rings (SSSR count). The Balaban J connectivity index is 0.000000158. The number of rotatable bonds is 2. The second kappa shape index (κ2) is 10.9. The van der Waals surface area contributed by atoms with Crippen molar-refractivity contribution in [3.8, 4) is 45.8 Å². The highest BCUT2D eigenvalue weighted by molar-refractivity contribution is 6.37. The Bertz CT molecular complexity index is 1910. The second-order valence-corrected chi connectivity index (χ2v) is 9.89. The molecular formula is C28H14Cl4N6O. The maximum absolute atomic E-state index is 9.76. The van der Waals surface area contributed by atoms with Gasteiger partial charge in [0.05, 0.1) is 11.1 Å². The minimum absolute atomic E-state index is 0.310. The summed E-state index contributed by atoms with van der Waals surface area (Å²) < 4.78 is 0.878. The number of H-pyrrole nitrogens is 1. The van der Waals surface area contributed by atoms with Gasteiger partial charge in [-0.2, -0.15) is 15.3 Å². The molecule has 2 aliphatic heterocycles. The molecule has 0 unspecified atom stereocenters. The minimum atomic E-state index is 0.310. The van der Waals surface area contributed by atoms with Crippen molar-refractivity contribution in [2.75, 3.05) is 0 Å². The highest BCUT2D eigenvalue weighted by Crippen LogP contribution is 2.39. The van der Waals surface area contributed by atoms with Gasteiger partial charge in [-0.15, -0.1) is 0 Å². The normalized spacial score (nSPS) is 10.6. The summed E-state index contributed by atoms with van der Waals surface area (Å²) >= 11 is 24.2.